The van der Waals surface area contributed by atoms with Crippen LogP contribution in [0.4, 0.5) is 10.5 Å². The zero-order valence-electron chi connectivity index (χ0n) is 14.1. The first kappa shape index (κ1) is 17.1. The van der Waals surface area contributed by atoms with Gasteiger partial charge < -0.3 is 19.4 Å². The number of ether oxygens (including phenoxy) is 1. The predicted octanol–water partition coefficient (Wildman–Crippen LogP) is 5.15. The van der Waals surface area contributed by atoms with E-state index in [0.717, 1.165) is 10.6 Å². The number of urea groups is 1. The van der Waals surface area contributed by atoms with Crippen molar-refractivity contribution in [2.24, 2.45) is 0 Å². The van der Waals surface area contributed by atoms with Crippen LogP contribution in [0.15, 0.2) is 64.6 Å². The molecule has 0 bridgehead atoms. The third-order valence-corrected chi connectivity index (χ3v) is 4.95. The van der Waals surface area contributed by atoms with Gasteiger partial charge in [-0.2, -0.15) is 0 Å². The lowest BCUT2D eigenvalue weighted by atomic mass is 10.2. The van der Waals surface area contributed by atoms with Gasteiger partial charge in [0.25, 0.3) is 0 Å². The van der Waals surface area contributed by atoms with Gasteiger partial charge in [-0.3, -0.25) is 0 Å². The van der Waals surface area contributed by atoms with Crippen LogP contribution in [0.1, 0.15) is 23.6 Å². The second kappa shape index (κ2) is 7.90. The summed E-state index contributed by atoms with van der Waals surface area (Å²) in [6.07, 6.45) is 1.61. The molecule has 6 heteroatoms. The summed E-state index contributed by atoms with van der Waals surface area (Å²) in [6.45, 7) is 2.40. The first-order chi connectivity index (χ1) is 12.2. The van der Waals surface area contributed by atoms with Gasteiger partial charge in [-0.25, -0.2) is 4.79 Å². The number of hydrogen-bond donors (Lipinski definition) is 1. The highest BCUT2D eigenvalue weighted by Crippen LogP contribution is 2.27. The Hall–Kier alpha value is -2.73. The molecule has 0 radical (unpaired) electrons. The number of thiophene rings is 1. The summed E-state index contributed by atoms with van der Waals surface area (Å²) in [6, 6.07) is 14.8. The molecular weight excluding hydrogens is 336 g/mol. The van der Waals surface area contributed by atoms with E-state index in [1.807, 2.05) is 54.8 Å². The minimum atomic E-state index is -0.189. The molecule has 0 fully saturated rings. The van der Waals surface area contributed by atoms with Crippen LogP contribution in [0, 0.1) is 0 Å². The maximum atomic E-state index is 12.9. The molecule has 0 aliphatic carbocycles. The van der Waals surface area contributed by atoms with Crippen molar-refractivity contribution in [1.29, 1.82) is 0 Å². The van der Waals surface area contributed by atoms with E-state index in [1.54, 1.807) is 35.7 Å². The van der Waals surface area contributed by atoms with Gasteiger partial charge in [-0.15, -0.1) is 11.3 Å². The summed E-state index contributed by atoms with van der Waals surface area (Å²) in [7, 11) is 1.60. The maximum Gasteiger partial charge on any atom is 0.322 e. The number of furan rings is 1. The summed E-state index contributed by atoms with van der Waals surface area (Å²) in [4.78, 5) is 15.8. The quantitative estimate of drug-likeness (QED) is 0.665. The number of amides is 2. The Morgan fingerprint density at radius 1 is 1.28 bits per heavy atom. The van der Waals surface area contributed by atoms with Gasteiger partial charge in [0.1, 0.15) is 11.5 Å². The van der Waals surface area contributed by atoms with Gasteiger partial charge >= 0.3 is 6.03 Å². The second-order valence-electron chi connectivity index (χ2n) is 5.56. The molecule has 0 aliphatic rings. The van der Waals surface area contributed by atoms with Crippen LogP contribution in [0.25, 0.3) is 0 Å². The van der Waals surface area contributed by atoms with Crippen molar-refractivity contribution in [2.75, 3.05) is 12.4 Å². The lowest BCUT2D eigenvalue weighted by Gasteiger charge is -2.28. The molecule has 5 nitrogen and oxygen atoms in total. The summed E-state index contributed by atoms with van der Waals surface area (Å²) in [5.74, 6) is 1.44. The highest BCUT2D eigenvalue weighted by atomic mass is 32.1. The SMILES string of the molecule is COc1cccc(NC(=O)N(Cc2ccco2)[C@H](C)c2cccs2)c1. The molecule has 0 saturated carbocycles. The van der Waals surface area contributed by atoms with E-state index in [1.165, 1.54) is 0 Å². The number of benzene rings is 1. The Bertz CT molecular complexity index is 800. The van der Waals surface area contributed by atoms with Crippen molar-refractivity contribution in [2.45, 2.75) is 19.5 Å². The third-order valence-electron chi connectivity index (χ3n) is 3.91. The van der Waals surface area contributed by atoms with Gasteiger partial charge in [0.05, 0.1) is 26.0 Å². The van der Waals surface area contributed by atoms with E-state index in [9.17, 15) is 4.79 Å². The molecule has 25 heavy (non-hydrogen) atoms. The third kappa shape index (κ3) is 4.22. The average Bonchev–Trinajstić information content (AvgIpc) is 3.33. The Kier molecular flexibility index (Phi) is 5.40. The summed E-state index contributed by atoms with van der Waals surface area (Å²) < 4.78 is 10.6. The van der Waals surface area contributed by atoms with Crippen molar-refractivity contribution < 1.29 is 13.9 Å². The summed E-state index contributed by atoms with van der Waals surface area (Å²) in [5, 5.41) is 4.95. The zero-order chi connectivity index (χ0) is 17.6. The highest BCUT2D eigenvalue weighted by molar-refractivity contribution is 7.10. The number of nitrogens with one attached hydrogen (secondary N) is 1. The number of rotatable bonds is 6. The second-order valence-corrected chi connectivity index (χ2v) is 6.54. The van der Waals surface area contributed by atoms with Crippen LogP contribution in [0.3, 0.4) is 0 Å². The first-order valence-electron chi connectivity index (χ1n) is 7.95. The van der Waals surface area contributed by atoms with Gasteiger partial charge in [-0.1, -0.05) is 12.1 Å². The van der Waals surface area contributed by atoms with Crippen molar-refractivity contribution in [3.8, 4) is 5.75 Å². The monoisotopic (exact) mass is 356 g/mol. The lowest BCUT2D eigenvalue weighted by molar-refractivity contribution is 0.184. The molecule has 130 valence electrons. The van der Waals surface area contributed by atoms with Gasteiger partial charge in [-0.05, 0) is 42.6 Å². The smallest absolute Gasteiger partial charge is 0.322 e. The van der Waals surface area contributed by atoms with Crippen molar-refractivity contribution in [1.82, 2.24) is 4.90 Å². The molecule has 2 heterocycles. The lowest BCUT2D eigenvalue weighted by Crippen LogP contribution is -2.36. The average molecular weight is 356 g/mol. The molecule has 1 aromatic carbocycles. The summed E-state index contributed by atoms with van der Waals surface area (Å²) >= 11 is 1.63. The summed E-state index contributed by atoms with van der Waals surface area (Å²) in [5.41, 5.74) is 0.687. The molecular formula is C19H20N2O3S. The van der Waals surface area contributed by atoms with Crippen molar-refractivity contribution in [3.05, 3.63) is 70.8 Å². The fourth-order valence-electron chi connectivity index (χ4n) is 2.53. The van der Waals surface area contributed by atoms with Crippen LogP contribution in [0.5, 0.6) is 5.75 Å². The van der Waals surface area contributed by atoms with Crippen LogP contribution >= 0.6 is 11.3 Å². The van der Waals surface area contributed by atoms with Gasteiger partial charge in [0, 0.05) is 16.6 Å². The van der Waals surface area contributed by atoms with E-state index in [2.05, 4.69) is 5.32 Å². The minimum Gasteiger partial charge on any atom is -0.497 e. The number of carbonyl (C=O) groups excluding carboxylic acids is 1. The van der Waals surface area contributed by atoms with E-state index in [4.69, 9.17) is 9.15 Å². The largest absolute Gasteiger partial charge is 0.497 e. The Morgan fingerprint density at radius 2 is 2.16 bits per heavy atom. The first-order valence-corrected chi connectivity index (χ1v) is 8.83. The molecule has 1 N–H and O–H groups in total. The molecule has 1 atom stereocenters. The van der Waals surface area contributed by atoms with Crippen molar-refractivity contribution in [3.63, 3.8) is 0 Å². The standard InChI is InChI=1S/C19H20N2O3S/c1-14(18-9-5-11-25-18)21(13-17-8-4-10-24-17)19(22)20-15-6-3-7-16(12-15)23-2/h3-12,14H,13H2,1-2H3,(H,20,22)/t14-/m1/s1. The topological polar surface area (TPSA) is 54.7 Å². The van der Waals surface area contributed by atoms with Crippen LogP contribution in [0.2, 0.25) is 0 Å². The van der Waals surface area contributed by atoms with Crippen LogP contribution in [-0.4, -0.2) is 18.0 Å². The van der Waals surface area contributed by atoms with Crippen LogP contribution in [-0.2, 0) is 6.54 Å². The minimum absolute atomic E-state index is 0.0734. The fourth-order valence-corrected chi connectivity index (χ4v) is 3.33. The highest BCUT2D eigenvalue weighted by Gasteiger charge is 2.23. The molecule has 0 saturated heterocycles. The fraction of sp³-hybridized carbons (Fsp3) is 0.211. The molecule has 2 amide bonds. The Balaban J connectivity index is 1.80. The van der Waals surface area contributed by atoms with E-state index < -0.39 is 0 Å². The number of methoxy groups -OCH3 is 1. The number of anilines is 1. The van der Waals surface area contributed by atoms with Crippen LogP contribution < -0.4 is 10.1 Å². The molecule has 3 rings (SSSR count). The molecule has 0 unspecified atom stereocenters. The maximum absolute atomic E-state index is 12.9. The van der Waals surface area contributed by atoms with Gasteiger partial charge in [0.2, 0.25) is 0 Å². The Morgan fingerprint density at radius 3 is 2.84 bits per heavy atom. The normalized spacial score (nSPS) is 11.8. The van der Waals surface area contributed by atoms with Crippen molar-refractivity contribution >= 4 is 23.1 Å². The van der Waals surface area contributed by atoms with E-state index in [-0.39, 0.29) is 12.1 Å². The number of carbonyl (C=O) groups is 1. The van der Waals surface area contributed by atoms with E-state index in [0.29, 0.717) is 18.0 Å². The van der Waals surface area contributed by atoms with E-state index >= 15 is 0 Å². The molecule has 0 aliphatic heterocycles. The molecule has 2 aromatic heterocycles. The predicted molar refractivity (Wildman–Crippen MR) is 99.0 cm³/mol. The zero-order valence-corrected chi connectivity index (χ0v) is 15.0. The molecule has 3 aromatic rings. The number of nitrogens with zero attached hydrogens (tertiary/aromatic N) is 1. The number of hydrogen-bond acceptors (Lipinski definition) is 4. The molecule has 0 spiro atoms. The van der Waals surface area contributed by atoms with Gasteiger partial charge in [0.15, 0.2) is 0 Å². The Labute approximate surface area is 150 Å².